The van der Waals surface area contributed by atoms with Crippen molar-refractivity contribution in [2.24, 2.45) is 0 Å². The van der Waals surface area contributed by atoms with E-state index in [2.05, 4.69) is 16.9 Å². The monoisotopic (exact) mass is 428 g/mol. The van der Waals surface area contributed by atoms with Crippen LogP contribution in [-0.2, 0) is 21.2 Å². The third-order valence-electron chi connectivity index (χ3n) is 5.83. The van der Waals surface area contributed by atoms with Crippen molar-refractivity contribution in [2.45, 2.75) is 44.2 Å². The van der Waals surface area contributed by atoms with Gasteiger partial charge in [-0.15, -0.1) is 0 Å². The lowest BCUT2D eigenvalue weighted by Crippen LogP contribution is -2.57. The minimum Gasteiger partial charge on any atom is -0.493 e. The molecule has 1 saturated heterocycles. The van der Waals surface area contributed by atoms with E-state index in [-0.39, 0.29) is 18.0 Å². The minimum atomic E-state index is -3.37. The fourth-order valence-electron chi connectivity index (χ4n) is 4.52. The quantitative estimate of drug-likeness (QED) is 0.798. The van der Waals surface area contributed by atoms with Crippen molar-refractivity contribution in [2.75, 3.05) is 19.4 Å². The molecule has 160 valence electrons. The van der Waals surface area contributed by atoms with Crippen LogP contribution in [0.3, 0.4) is 0 Å². The average molecular weight is 429 g/mol. The zero-order valence-corrected chi connectivity index (χ0v) is 18.0. The smallest absolute Gasteiger partial charge is 0.223 e. The van der Waals surface area contributed by atoms with Crippen LogP contribution < -0.4 is 9.46 Å². The molecule has 6 nitrogen and oxygen atoms in total. The highest BCUT2D eigenvalue weighted by atomic mass is 32.2. The van der Waals surface area contributed by atoms with Gasteiger partial charge in [-0.25, -0.2) is 13.1 Å². The lowest BCUT2D eigenvalue weighted by Gasteiger charge is -2.41. The van der Waals surface area contributed by atoms with Gasteiger partial charge in [-0.2, -0.15) is 0 Å². The molecule has 2 atom stereocenters. The summed E-state index contributed by atoms with van der Waals surface area (Å²) in [6.45, 7) is 1.12. The number of nitrogens with zero attached hydrogens (tertiary/aromatic N) is 1. The minimum absolute atomic E-state index is 0.0623. The highest BCUT2D eigenvalue weighted by molar-refractivity contribution is 7.88. The fourth-order valence-corrected chi connectivity index (χ4v) is 5.34. The largest absolute Gasteiger partial charge is 0.493 e. The Morgan fingerprint density at radius 1 is 1.10 bits per heavy atom. The molecule has 7 heteroatoms. The molecule has 4 rings (SSSR count). The van der Waals surface area contributed by atoms with E-state index in [0.717, 1.165) is 35.3 Å². The maximum absolute atomic E-state index is 13.0. The van der Waals surface area contributed by atoms with Crippen molar-refractivity contribution < 1.29 is 17.9 Å². The summed E-state index contributed by atoms with van der Waals surface area (Å²) in [4.78, 5) is 14.9. The first kappa shape index (κ1) is 20.9. The van der Waals surface area contributed by atoms with Crippen molar-refractivity contribution in [3.63, 3.8) is 0 Å². The number of amides is 1. The Kier molecular flexibility index (Phi) is 6.11. The zero-order chi connectivity index (χ0) is 21.1. The molecule has 2 bridgehead atoms. The zero-order valence-electron chi connectivity index (χ0n) is 17.2. The van der Waals surface area contributed by atoms with Crippen molar-refractivity contribution >= 4 is 15.9 Å². The van der Waals surface area contributed by atoms with Crippen molar-refractivity contribution in [3.8, 4) is 16.9 Å². The maximum Gasteiger partial charge on any atom is 0.223 e. The lowest BCUT2D eigenvalue weighted by molar-refractivity contribution is -0.135. The number of benzene rings is 2. The van der Waals surface area contributed by atoms with Gasteiger partial charge in [0, 0.05) is 24.6 Å². The Hall–Kier alpha value is -2.38. The Morgan fingerprint density at radius 3 is 2.77 bits per heavy atom. The van der Waals surface area contributed by atoms with Gasteiger partial charge in [0.2, 0.25) is 15.9 Å². The fraction of sp³-hybridized carbons (Fsp3) is 0.435. The van der Waals surface area contributed by atoms with Gasteiger partial charge in [0.1, 0.15) is 5.75 Å². The van der Waals surface area contributed by atoms with E-state index in [9.17, 15) is 13.2 Å². The summed E-state index contributed by atoms with van der Waals surface area (Å²) in [5, 5.41) is 0. The van der Waals surface area contributed by atoms with E-state index >= 15 is 0 Å². The van der Waals surface area contributed by atoms with Gasteiger partial charge in [0.05, 0.1) is 18.9 Å². The average Bonchev–Trinajstić information content (AvgIpc) is 2.72. The molecular formula is C23H28N2O4S. The van der Waals surface area contributed by atoms with E-state index in [1.165, 1.54) is 6.26 Å². The number of nitrogens with one attached hydrogen (secondary N) is 1. The molecule has 1 fully saturated rings. The van der Waals surface area contributed by atoms with E-state index in [4.69, 9.17) is 4.74 Å². The van der Waals surface area contributed by atoms with Gasteiger partial charge in [-0.05, 0) is 42.9 Å². The number of fused-ring (bicyclic) bond motifs is 5. The Morgan fingerprint density at radius 2 is 1.93 bits per heavy atom. The SMILES string of the molecule is CS(=O)(=O)N[C@@H]1CCCN2C(=O)CCCOc3ccccc3-c3cccc(c3)C[C@H]12. The van der Waals surface area contributed by atoms with Crippen LogP contribution in [-0.4, -0.2) is 50.7 Å². The molecule has 2 heterocycles. The van der Waals surface area contributed by atoms with Gasteiger partial charge in [-0.1, -0.05) is 42.5 Å². The predicted octanol–water partition coefficient (Wildman–Crippen LogP) is 2.98. The highest BCUT2D eigenvalue weighted by Gasteiger charge is 2.35. The first-order valence-corrected chi connectivity index (χ1v) is 12.4. The topological polar surface area (TPSA) is 75.7 Å². The van der Waals surface area contributed by atoms with Gasteiger partial charge in [-0.3, -0.25) is 4.79 Å². The number of rotatable bonds is 2. The van der Waals surface area contributed by atoms with Crippen LogP contribution in [0.1, 0.15) is 31.2 Å². The lowest BCUT2D eigenvalue weighted by atomic mass is 9.90. The van der Waals surface area contributed by atoms with Crippen LogP contribution in [0.5, 0.6) is 5.75 Å². The van der Waals surface area contributed by atoms with E-state index in [1.807, 2.05) is 41.3 Å². The summed E-state index contributed by atoms with van der Waals surface area (Å²) < 4.78 is 32.7. The summed E-state index contributed by atoms with van der Waals surface area (Å²) in [5.74, 6) is 0.878. The molecule has 0 spiro atoms. The first-order chi connectivity index (χ1) is 14.4. The second kappa shape index (κ2) is 8.78. The summed E-state index contributed by atoms with van der Waals surface area (Å²) in [6, 6.07) is 15.7. The van der Waals surface area contributed by atoms with Crippen LogP contribution >= 0.6 is 0 Å². The number of piperidine rings is 1. The number of carbonyl (C=O) groups is 1. The molecule has 0 saturated carbocycles. The molecule has 2 aromatic rings. The molecule has 2 aliphatic heterocycles. The molecule has 2 aromatic carbocycles. The van der Waals surface area contributed by atoms with Crippen LogP contribution in [0.2, 0.25) is 0 Å². The summed E-state index contributed by atoms with van der Waals surface area (Å²) in [6.07, 6.45) is 4.32. The number of hydrogen-bond donors (Lipinski definition) is 1. The number of carbonyl (C=O) groups excluding carboxylic acids is 1. The molecule has 0 aromatic heterocycles. The third kappa shape index (κ3) is 4.84. The highest BCUT2D eigenvalue weighted by Crippen LogP contribution is 2.32. The number of sulfonamides is 1. The van der Waals surface area contributed by atoms with Crippen molar-refractivity contribution in [3.05, 3.63) is 54.1 Å². The van der Waals surface area contributed by atoms with Crippen LogP contribution in [0.15, 0.2) is 48.5 Å². The maximum atomic E-state index is 13.0. The molecule has 0 aliphatic carbocycles. The Bertz CT molecular complexity index is 1020. The molecule has 30 heavy (non-hydrogen) atoms. The van der Waals surface area contributed by atoms with E-state index in [1.54, 1.807) is 0 Å². The number of hydrogen-bond acceptors (Lipinski definition) is 4. The second-order valence-electron chi connectivity index (χ2n) is 8.15. The van der Waals surface area contributed by atoms with Crippen LogP contribution in [0.25, 0.3) is 11.1 Å². The molecular weight excluding hydrogens is 400 g/mol. The number of ether oxygens (including phenoxy) is 1. The molecule has 2 aliphatic rings. The predicted molar refractivity (Wildman–Crippen MR) is 117 cm³/mol. The summed E-state index contributed by atoms with van der Waals surface area (Å²) in [5.41, 5.74) is 3.16. The normalized spacial score (nSPS) is 22.6. The van der Waals surface area contributed by atoms with Crippen molar-refractivity contribution in [1.29, 1.82) is 0 Å². The molecule has 1 amide bonds. The molecule has 0 unspecified atom stereocenters. The first-order valence-electron chi connectivity index (χ1n) is 10.5. The Balaban J connectivity index is 1.73. The summed E-state index contributed by atoms with van der Waals surface area (Å²) >= 11 is 0. The van der Waals surface area contributed by atoms with E-state index < -0.39 is 10.0 Å². The van der Waals surface area contributed by atoms with E-state index in [0.29, 0.717) is 32.4 Å². The number of para-hydroxylation sites is 1. The molecule has 0 radical (unpaired) electrons. The van der Waals surface area contributed by atoms with Gasteiger partial charge >= 0.3 is 0 Å². The molecule has 1 N–H and O–H groups in total. The van der Waals surface area contributed by atoms with Gasteiger partial charge in [0.25, 0.3) is 0 Å². The van der Waals surface area contributed by atoms with Gasteiger partial charge in [0.15, 0.2) is 0 Å². The Labute approximate surface area is 178 Å². The van der Waals surface area contributed by atoms with Crippen LogP contribution in [0, 0.1) is 0 Å². The van der Waals surface area contributed by atoms with Crippen molar-refractivity contribution in [1.82, 2.24) is 9.62 Å². The third-order valence-corrected chi connectivity index (χ3v) is 6.56. The second-order valence-corrected chi connectivity index (χ2v) is 9.93. The van der Waals surface area contributed by atoms with Gasteiger partial charge < -0.3 is 9.64 Å². The van der Waals surface area contributed by atoms with Crippen LogP contribution in [0.4, 0.5) is 0 Å². The standard InChI is InChI=1S/C23H28N2O4S/c1-30(27,28)24-20-10-5-13-25-21(20)16-17-7-4-8-18(15-17)19-9-2-3-11-22(19)29-14-6-12-23(25)26/h2-4,7-9,11,15,20-21,24H,5-6,10,12-14,16H2,1H3/t20-,21-/m1/s1. The summed E-state index contributed by atoms with van der Waals surface area (Å²) in [7, 11) is -3.37.